The van der Waals surface area contributed by atoms with Crippen LogP contribution in [0.1, 0.15) is 34.7 Å². The summed E-state index contributed by atoms with van der Waals surface area (Å²) >= 11 is 0. The van der Waals surface area contributed by atoms with Crippen LogP contribution < -0.4 is 5.32 Å². The number of nitrogens with zero attached hydrogens (tertiary/aromatic N) is 2. The van der Waals surface area contributed by atoms with Crippen molar-refractivity contribution < 1.29 is 40.4 Å². The zero-order valence-corrected chi connectivity index (χ0v) is 18.0. The highest BCUT2D eigenvalue weighted by atomic mass is 19.4. The van der Waals surface area contributed by atoms with Crippen LogP contribution in [0.5, 0.6) is 0 Å². The van der Waals surface area contributed by atoms with E-state index in [4.69, 9.17) is 4.84 Å². The van der Waals surface area contributed by atoms with Gasteiger partial charge >= 0.3 is 18.4 Å². The van der Waals surface area contributed by atoms with Crippen molar-refractivity contribution in [2.24, 2.45) is 0 Å². The first-order chi connectivity index (χ1) is 15.8. The average molecular weight is 493 g/mol. The van der Waals surface area contributed by atoms with Gasteiger partial charge in [-0.3, -0.25) is 0 Å². The number of carbonyl (C=O) groups excluding carboxylic acids is 1. The van der Waals surface area contributed by atoms with E-state index in [2.05, 4.69) is 5.32 Å². The zero-order chi connectivity index (χ0) is 25.1. The molecule has 0 radical (unpaired) electrons. The van der Waals surface area contributed by atoms with Crippen molar-refractivity contribution in [2.45, 2.75) is 31.4 Å². The molecule has 12 heteroatoms. The highest BCUT2D eigenvalue weighted by Crippen LogP contribution is 2.36. The van der Waals surface area contributed by atoms with Crippen LogP contribution in [0.4, 0.5) is 35.5 Å². The fraction of sp³-hybridized carbons (Fsp3) is 0.409. The maximum Gasteiger partial charge on any atom is 0.428 e. The second-order valence-corrected chi connectivity index (χ2v) is 7.89. The largest absolute Gasteiger partial charge is 0.428 e. The van der Waals surface area contributed by atoms with Crippen LogP contribution in [0, 0.1) is 5.82 Å². The SMILES string of the molecule is CN(Cc1cc(C(F)(F)F)cc(C(F)(F)F)c1)C(=O)ON1CCCNC[C@@H]1c1ccc(F)cc1. The summed E-state index contributed by atoms with van der Waals surface area (Å²) in [5, 5.41) is 4.54. The Hall–Kier alpha value is -2.86. The number of nitrogens with one attached hydrogen (secondary N) is 1. The van der Waals surface area contributed by atoms with Gasteiger partial charge in [-0.1, -0.05) is 12.1 Å². The van der Waals surface area contributed by atoms with Gasteiger partial charge in [-0.05, 0) is 54.4 Å². The molecule has 1 amide bonds. The molecule has 1 N–H and O–H groups in total. The van der Waals surface area contributed by atoms with Gasteiger partial charge in [0.15, 0.2) is 0 Å². The number of benzene rings is 2. The van der Waals surface area contributed by atoms with E-state index in [0.29, 0.717) is 43.8 Å². The Balaban J connectivity index is 1.77. The van der Waals surface area contributed by atoms with Crippen LogP contribution in [0.3, 0.4) is 0 Å². The molecule has 186 valence electrons. The Morgan fingerprint density at radius 3 is 2.21 bits per heavy atom. The number of hydrogen-bond donors (Lipinski definition) is 1. The molecule has 1 saturated heterocycles. The molecule has 0 aliphatic carbocycles. The molecule has 1 aliphatic rings. The minimum absolute atomic E-state index is 0.0271. The highest BCUT2D eigenvalue weighted by molar-refractivity contribution is 5.67. The van der Waals surface area contributed by atoms with Crippen molar-refractivity contribution in [3.05, 3.63) is 70.5 Å². The third-order valence-corrected chi connectivity index (χ3v) is 5.25. The first kappa shape index (κ1) is 25.8. The van der Waals surface area contributed by atoms with Crippen molar-refractivity contribution in [1.29, 1.82) is 0 Å². The third-order valence-electron chi connectivity index (χ3n) is 5.25. The molecule has 34 heavy (non-hydrogen) atoms. The summed E-state index contributed by atoms with van der Waals surface area (Å²) in [5.41, 5.74) is -2.61. The average Bonchev–Trinajstić information content (AvgIpc) is 2.98. The van der Waals surface area contributed by atoms with Crippen molar-refractivity contribution in [3.63, 3.8) is 0 Å². The van der Waals surface area contributed by atoms with Gasteiger partial charge in [0.25, 0.3) is 0 Å². The van der Waals surface area contributed by atoms with Crippen LogP contribution in [0.15, 0.2) is 42.5 Å². The van der Waals surface area contributed by atoms with E-state index >= 15 is 0 Å². The second kappa shape index (κ2) is 10.2. The van der Waals surface area contributed by atoms with E-state index in [0.717, 1.165) is 4.90 Å². The maximum absolute atomic E-state index is 13.3. The summed E-state index contributed by atoms with van der Waals surface area (Å²) in [4.78, 5) is 19.0. The predicted octanol–water partition coefficient (Wildman–Crippen LogP) is 5.38. The van der Waals surface area contributed by atoms with Gasteiger partial charge in [0.1, 0.15) is 5.82 Å². The van der Waals surface area contributed by atoms with Gasteiger partial charge in [-0.25, -0.2) is 9.18 Å². The van der Waals surface area contributed by atoms with Crippen LogP contribution >= 0.6 is 0 Å². The molecule has 2 aromatic rings. The third kappa shape index (κ3) is 6.60. The Morgan fingerprint density at radius 2 is 1.65 bits per heavy atom. The molecule has 1 atom stereocenters. The highest BCUT2D eigenvalue weighted by Gasteiger charge is 2.37. The lowest BCUT2D eigenvalue weighted by Gasteiger charge is -2.30. The number of hydrogen-bond acceptors (Lipinski definition) is 4. The van der Waals surface area contributed by atoms with Gasteiger partial charge in [0, 0.05) is 26.7 Å². The Labute approximate surface area is 191 Å². The normalized spacial score (nSPS) is 17.8. The number of alkyl halides is 6. The molecule has 1 fully saturated rings. The maximum atomic E-state index is 13.3. The molecule has 5 nitrogen and oxygen atoms in total. The summed E-state index contributed by atoms with van der Waals surface area (Å²) < 4.78 is 91.9. The second-order valence-electron chi connectivity index (χ2n) is 7.89. The Kier molecular flexibility index (Phi) is 7.71. The number of hydroxylamine groups is 2. The van der Waals surface area contributed by atoms with Crippen LogP contribution in [0.25, 0.3) is 0 Å². The van der Waals surface area contributed by atoms with Gasteiger partial charge < -0.3 is 15.1 Å². The number of rotatable bonds is 4. The van der Waals surface area contributed by atoms with E-state index in [1.54, 1.807) is 12.1 Å². The predicted molar refractivity (Wildman–Crippen MR) is 108 cm³/mol. The first-order valence-electron chi connectivity index (χ1n) is 10.3. The van der Waals surface area contributed by atoms with Gasteiger partial charge in [0.05, 0.1) is 17.2 Å². The Morgan fingerprint density at radius 1 is 1.06 bits per heavy atom. The Bertz CT molecular complexity index is 961. The molecule has 0 aromatic heterocycles. The van der Waals surface area contributed by atoms with Crippen molar-refractivity contribution in [2.75, 3.05) is 26.7 Å². The van der Waals surface area contributed by atoms with Gasteiger partial charge in [-0.15, -0.1) is 5.06 Å². The fourth-order valence-electron chi connectivity index (χ4n) is 3.55. The molecular formula is C22H22F7N3O2. The molecule has 0 bridgehead atoms. The van der Waals surface area contributed by atoms with E-state index < -0.39 is 48.0 Å². The van der Waals surface area contributed by atoms with Crippen molar-refractivity contribution in [1.82, 2.24) is 15.3 Å². The molecule has 2 aromatic carbocycles. The number of amides is 1. The van der Waals surface area contributed by atoms with Crippen LogP contribution in [0.2, 0.25) is 0 Å². The van der Waals surface area contributed by atoms with Crippen LogP contribution in [-0.4, -0.2) is 42.7 Å². The zero-order valence-electron chi connectivity index (χ0n) is 18.0. The quantitative estimate of drug-likeness (QED) is 0.581. The standard InChI is InChI=1S/C22H22F7N3O2/c1-31(13-14-9-16(21(24,25)26)11-17(10-14)22(27,28)29)20(33)34-32-8-2-7-30-12-19(32)15-3-5-18(23)6-4-15/h3-6,9-11,19,30H,2,7-8,12-13H2,1H3/t19-/m1/s1. The molecular weight excluding hydrogens is 471 g/mol. The van der Waals surface area contributed by atoms with E-state index in [9.17, 15) is 35.5 Å². The van der Waals surface area contributed by atoms with E-state index in [-0.39, 0.29) is 11.6 Å². The number of carbonyl (C=O) groups is 1. The summed E-state index contributed by atoms with van der Waals surface area (Å²) in [6.07, 6.45) is -10.3. The first-order valence-corrected chi connectivity index (χ1v) is 10.3. The molecule has 1 aliphatic heterocycles. The summed E-state index contributed by atoms with van der Waals surface area (Å²) in [5.74, 6) is -0.437. The number of halogens is 7. The van der Waals surface area contributed by atoms with Gasteiger partial charge in [-0.2, -0.15) is 26.3 Å². The lowest BCUT2D eigenvalue weighted by atomic mass is 10.0. The summed E-state index contributed by atoms with van der Waals surface area (Å²) in [6, 6.07) is 6.30. The molecule has 3 rings (SSSR count). The lowest BCUT2D eigenvalue weighted by molar-refractivity contribution is -0.143. The fourth-order valence-corrected chi connectivity index (χ4v) is 3.55. The lowest BCUT2D eigenvalue weighted by Crippen LogP contribution is -2.39. The van der Waals surface area contributed by atoms with E-state index in [1.807, 2.05) is 0 Å². The monoisotopic (exact) mass is 493 g/mol. The minimum Gasteiger partial charge on any atom is -0.350 e. The molecule has 0 saturated carbocycles. The topological polar surface area (TPSA) is 44.8 Å². The molecule has 0 spiro atoms. The van der Waals surface area contributed by atoms with Crippen molar-refractivity contribution >= 4 is 6.09 Å². The molecule has 1 heterocycles. The van der Waals surface area contributed by atoms with Gasteiger partial charge in [0.2, 0.25) is 0 Å². The molecule has 0 unspecified atom stereocenters. The van der Waals surface area contributed by atoms with E-state index in [1.165, 1.54) is 24.2 Å². The van der Waals surface area contributed by atoms with Crippen molar-refractivity contribution in [3.8, 4) is 0 Å². The smallest absolute Gasteiger partial charge is 0.350 e. The summed E-state index contributed by atoms with van der Waals surface area (Å²) in [6.45, 7) is 0.785. The summed E-state index contributed by atoms with van der Waals surface area (Å²) in [7, 11) is 1.21. The van der Waals surface area contributed by atoms with Crippen LogP contribution in [-0.2, 0) is 23.7 Å². The minimum atomic E-state index is -4.99.